The zero-order valence-electron chi connectivity index (χ0n) is 10.9. The van der Waals surface area contributed by atoms with E-state index in [1.165, 1.54) is 12.3 Å². The number of pyridine rings is 1. The Balaban J connectivity index is 2.10. The Bertz CT molecular complexity index is 844. The van der Waals surface area contributed by atoms with Gasteiger partial charge in [0.1, 0.15) is 5.70 Å². The van der Waals surface area contributed by atoms with E-state index in [4.69, 9.17) is 0 Å². The minimum absolute atomic E-state index is 0.0429. The summed E-state index contributed by atoms with van der Waals surface area (Å²) in [4.78, 5) is 28.4. The molecule has 0 saturated carbocycles. The fourth-order valence-electron chi connectivity index (χ4n) is 2.42. The standard InChI is InChI=1S/C13H9IN2O5S/c14-9-6-22(20,21)12-8(5-7-3-1-2-4-15-7)11(17)16(12)10(9)13(18)19/h1-5,12H,6H2,(H,18,19)/b8-5-/t12-/m1/s1. The van der Waals surface area contributed by atoms with Crippen LogP contribution in [0.4, 0.5) is 0 Å². The van der Waals surface area contributed by atoms with Crippen molar-refractivity contribution in [2.75, 3.05) is 5.75 Å². The van der Waals surface area contributed by atoms with Crippen molar-refractivity contribution in [3.63, 3.8) is 0 Å². The van der Waals surface area contributed by atoms with Crippen LogP contribution in [0.15, 0.2) is 39.2 Å². The molecule has 0 bridgehead atoms. The molecule has 1 atom stereocenters. The molecule has 9 heteroatoms. The zero-order valence-corrected chi connectivity index (χ0v) is 13.9. The number of hydrogen-bond donors (Lipinski definition) is 1. The van der Waals surface area contributed by atoms with Gasteiger partial charge in [-0.25, -0.2) is 13.2 Å². The Morgan fingerprint density at radius 2 is 2.18 bits per heavy atom. The molecule has 7 nitrogen and oxygen atoms in total. The minimum atomic E-state index is -3.66. The lowest BCUT2D eigenvalue weighted by atomic mass is 10.0. The molecule has 0 aliphatic carbocycles. The van der Waals surface area contributed by atoms with Crippen LogP contribution < -0.4 is 0 Å². The molecule has 1 fully saturated rings. The van der Waals surface area contributed by atoms with E-state index in [-0.39, 0.29) is 20.6 Å². The molecule has 0 unspecified atom stereocenters. The van der Waals surface area contributed by atoms with E-state index in [2.05, 4.69) is 4.98 Å². The summed E-state index contributed by atoms with van der Waals surface area (Å²) in [6.45, 7) is 0. The number of sulfone groups is 1. The summed E-state index contributed by atoms with van der Waals surface area (Å²) in [5, 5.41) is 7.97. The van der Waals surface area contributed by atoms with Crippen LogP contribution in [0, 0.1) is 0 Å². The van der Waals surface area contributed by atoms with Crippen molar-refractivity contribution in [2.24, 2.45) is 0 Å². The van der Waals surface area contributed by atoms with Gasteiger partial charge in [0.2, 0.25) is 0 Å². The van der Waals surface area contributed by atoms with E-state index in [0.29, 0.717) is 5.69 Å². The monoisotopic (exact) mass is 432 g/mol. The number of amides is 1. The molecule has 1 aromatic heterocycles. The highest BCUT2D eigenvalue weighted by Gasteiger charge is 2.56. The fourth-order valence-corrected chi connectivity index (χ4v) is 5.94. The quantitative estimate of drug-likeness (QED) is 0.421. The average Bonchev–Trinajstić information content (AvgIpc) is 2.44. The Labute approximate surface area is 139 Å². The van der Waals surface area contributed by atoms with Gasteiger partial charge in [0.25, 0.3) is 5.91 Å². The Morgan fingerprint density at radius 1 is 1.45 bits per heavy atom. The lowest BCUT2D eigenvalue weighted by Crippen LogP contribution is -2.61. The summed E-state index contributed by atoms with van der Waals surface area (Å²) in [5.41, 5.74) is 0.228. The molecule has 22 heavy (non-hydrogen) atoms. The Kier molecular flexibility index (Phi) is 3.56. The van der Waals surface area contributed by atoms with Crippen molar-refractivity contribution < 1.29 is 23.1 Å². The van der Waals surface area contributed by atoms with Gasteiger partial charge in [0.05, 0.1) is 17.0 Å². The number of carbonyl (C=O) groups is 2. The molecule has 0 spiro atoms. The van der Waals surface area contributed by atoms with Gasteiger partial charge < -0.3 is 5.11 Å². The molecule has 1 N–H and O–H groups in total. The third kappa shape index (κ3) is 2.24. The third-order valence-electron chi connectivity index (χ3n) is 3.33. The Hall–Kier alpha value is -1.75. The first kappa shape index (κ1) is 15.2. The average molecular weight is 432 g/mol. The van der Waals surface area contributed by atoms with Gasteiger partial charge in [-0.2, -0.15) is 0 Å². The number of aliphatic carboxylic acids is 1. The summed E-state index contributed by atoms with van der Waals surface area (Å²) >= 11 is 1.65. The maximum atomic E-state index is 12.3. The van der Waals surface area contributed by atoms with Crippen molar-refractivity contribution in [1.82, 2.24) is 9.88 Å². The van der Waals surface area contributed by atoms with Crippen LogP contribution in [-0.2, 0) is 19.4 Å². The van der Waals surface area contributed by atoms with Crippen molar-refractivity contribution in [3.8, 4) is 0 Å². The SMILES string of the molecule is O=C(O)C1=C(I)CS(=O)(=O)[C@@H]2/C(=C\c3ccccn3)C(=O)N12. The number of hydrogen-bond acceptors (Lipinski definition) is 5. The summed E-state index contributed by atoms with van der Waals surface area (Å²) in [7, 11) is -3.66. The predicted octanol–water partition coefficient (Wildman–Crippen LogP) is 0.793. The van der Waals surface area contributed by atoms with Crippen LogP contribution in [0.1, 0.15) is 5.69 Å². The fraction of sp³-hybridized carbons (Fsp3) is 0.154. The number of carboxylic acid groups (broad SMARTS) is 1. The van der Waals surface area contributed by atoms with E-state index < -0.39 is 27.1 Å². The number of carboxylic acids is 1. The van der Waals surface area contributed by atoms with Crippen LogP contribution in [0.2, 0.25) is 0 Å². The van der Waals surface area contributed by atoms with Crippen molar-refractivity contribution in [1.29, 1.82) is 0 Å². The van der Waals surface area contributed by atoms with Gasteiger partial charge in [-0.05, 0) is 40.8 Å². The number of aromatic nitrogens is 1. The van der Waals surface area contributed by atoms with Gasteiger partial charge >= 0.3 is 5.97 Å². The molecule has 3 rings (SSSR count). The largest absolute Gasteiger partial charge is 0.477 e. The van der Waals surface area contributed by atoms with Gasteiger partial charge in [0, 0.05) is 9.78 Å². The lowest BCUT2D eigenvalue weighted by molar-refractivity contribution is -0.141. The highest BCUT2D eigenvalue weighted by Crippen LogP contribution is 2.42. The number of fused-ring (bicyclic) bond motifs is 1. The first-order chi connectivity index (χ1) is 10.3. The van der Waals surface area contributed by atoms with E-state index in [1.807, 2.05) is 0 Å². The van der Waals surface area contributed by atoms with Crippen LogP contribution in [0.3, 0.4) is 0 Å². The van der Waals surface area contributed by atoms with Gasteiger partial charge in [-0.15, -0.1) is 0 Å². The highest BCUT2D eigenvalue weighted by atomic mass is 127. The zero-order chi connectivity index (χ0) is 16.1. The summed E-state index contributed by atoms with van der Waals surface area (Å²) in [6, 6.07) is 5.04. The summed E-state index contributed by atoms with van der Waals surface area (Å²) in [5.74, 6) is -2.32. The number of halogens is 1. The maximum absolute atomic E-state index is 12.3. The molecule has 2 aliphatic rings. The first-order valence-corrected chi connectivity index (χ1v) is 8.92. The Morgan fingerprint density at radius 3 is 2.77 bits per heavy atom. The summed E-state index contributed by atoms with van der Waals surface area (Å²) < 4.78 is 24.7. The molecule has 1 saturated heterocycles. The highest BCUT2D eigenvalue weighted by molar-refractivity contribution is 14.1. The minimum Gasteiger partial charge on any atom is -0.477 e. The van der Waals surface area contributed by atoms with Crippen molar-refractivity contribution in [2.45, 2.75) is 5.37 Å². The van der Waals surface area contributed by atoms with Crippen molar-refractivity contribution in [3.05, 3.63) is 44.9 Å². The van der Waals surface area contributed by atoms with Crippen LogP contribution >= 0.6 is 22.6 Å². The second kappa shape index (κ2) is 5.16. The molecule has 1 amide bonds. The molecule has 0 radical (unpaired) electrons. The van der Waals surface area contributed by atoms with Crippen molar-refractivity contribution >= 4 is 50.4 Å². The second-order valence-corrected chi connectivity index (χ2v) is 8.11. The molecule has 2 aliphatic heterocycles. The summed E-state index contributed by atoms with van der Waals surface area (Å²) in [6.07, 6.45) is 2.91. The lowest BCUT2D eigenvalue weighted by Gasteiger charge is -2.44. The van der Waals surface area contributed by atoms with E-state index in [1.54, 1.807) is 40.8 Å². The molecular formula is C13H9IN2O5S. The van der Waals surface area contributed by atoms with Gasteiger partial charge in [-0.3, -0.25) is 14.7 Å². The molecule has 0 aromatic carbocycles. The van der Waals surface area contributed by atoms with E-state index in [0.717, 1.165) is 4.90 Å². The number of rotatable bonds is 2. The normalized spacial score (nSPS) is 25.0. The van der Waals surface area contributed by atoms with Crippen LogP contribution in [0.25, 0.3) is 6.08 Å². The van der Waals surface area contributed by atoms with E-state index in [9.17, 15) is 23.1 Å². The first-order valence-electron chi connectivity index (χ1n) is 6.12. The predicted molar refractivity (Wildman–Crippen MR) is 85.3 cm³/mol. The number of β-lactam (4-membered cyclic amide) rings is 1. The maximum Gasteiger partial charge on any atom is 0.353 e. The van der Waals surface area contributed by atoms with E-state index >= 15 is 0 Å². The van der Waals surface area contributed by atoms with Gasteiger partial charge in [0.15, 0.2) is 15.2 Å². The van der Waals surface area contributed by atoms with Crippen LogP contribution in [0.5, 0.6) is 0 Å². The number of carbonyl (C=O) groups excluding carboxylic acids is 1. The molecule has 3 heterocycles. The smallest absolute Gasteiger partial charge is 0.353 e. The third-order valence-corrected chi connectivity index (χ3v) is 6.57. The second-order valence-electron chi connectivity index (χ2n) is 4.75. The number of nitrogens with zero attached hydrogens (tertiary/aromatic N) is 2. The molecule has 1 aromatic rings. The van der Waals surface area contributed by atoms with Crippen LogP contribution in [-0.4, -0.2) is 46.4 Å². The molecule has 114 valence electrons. The molecular weight excluding hydrogens is 423 g/mol. The topological polar surface area (TPSA) is 105 Å². The van der Waals surface area contributed by atoms with Gasteiger partial charge in [-0.1, -0.05) is 6.07 Å².